The lowest BCUT2D eigenvalue weighted by atomic mass is 9.78. The first-order chi connectivity index (χ1) is 17.2. The number of halogens is 3. The Hall–Kier alpha value is -2.49. The summed E-state index contributed by atoms with van der Waals surface area (Å²) in [6, 6.07) is 1.56. The number of fused-ring (bicyclic) bond motifs is 2. The predicted molar refractivity (Wildman–Crippen MR) is 124 cm³/mol. The molecular formula is C26H32F3N5O2. The summed E-state index contributed by atoms with van der Waals surface area (Å²) < 4.78 is 44.9. The molecule has 3 atom stereocenters. The molecule has 0 N–H and O–H groups in total. The van der Waals surface area contributed by atoms with Gasteiger partial charge in [-0.2, -0.15) is 18.2 Å². The number of hydrogen-bond acceptors (Lipinski definition) is 6. The van der Waals surface area contributed by atoms with E-state index in [-0.39, 0.29) is 17.9 Å². The molecule has 2 aromatic heterocycles. The zero-order valence-corrected chi connectivity index (χ0v) is 20.6. The molecule has 2 aliphatic carbocycles. The summed E-state index contributed by atoms with van der Waals surface area (Å²) in [6.45, 7) is 4.48. The summed E-state index contributed by atoms with van der Waals surface area (Å²) in [4.78, 5) is 26.8. The third-order valence-corrected chi connectivity index (χ3v) is 9.15. The zero-order chi connectivity index (χ0) is 25.1. The molecule has 0 aromatic carbocycles. The summed E-state index contributed by atoms with van der Waals surface area (Å²) in [5.74, 6) is 2.22. The largest absolute Gasteiger partial charge is 0.417 e. The van der Waals surface area contributed by atoms with Crippen molar-refractivity contribution < 1.29 is 22.5 Å². The number of pyridine rings is 1. The number of hydrogen-bond donors (Lipinski definition) is 0. The van der Waals surface area contributed by atoms with Crippen LogP contribution in [0.15, 0.2) is 16.8 Å². The van der Waals surface area contributed by atoms with Crippen molar-refractivity contribution in [2.45, 2.75) is 83.0 Å². The van der Waals surface area contributed by atoms with Gasteiger partial charge in [-0.15, -0.1) is 0 Å². The smallest absolute Gasteiger partial charge is 0.340 e. The molecule has 2 aromatic rings. The van der Waals surface area contributed by atoms with Gasteiger partial charge in [-0.1, -0.05) is 11.6 Å². The van der Waals surface area contributed by atoms with Crippen LogP contribution in [0.4, 0.5) is 13.2 Å². The van der Waals surface area contributed by atoms with Crippen molar-refractivity contribution in [2.24, 2.45) is 11.3 Å². The van der Waals surface area contributed by atoms with Crippen LogP contribution >= 0.6 is 0 Å². The highest BCUT2D eigenvalue weighted by atomic mass is 19.4. The highest BCUT2D eigenvalue weighted by Crippen LogP contribution is 2.57. The fourth-order valence-corrected chi connectivity index (χ4v) is 7.31. The van der Waals surface area contributed by atoms with Crippen LogP contribution in [-0.2, 0) is 23.9 Å². The van der Waals surface area contributed by atoms with Crippen LogP contribution in [0.5, 0.6) is 0 Å². The summed E-state index contributed by atoms with van der Waals surface area (Å²) in [5.41, 5.74) is 0.0896. The number of aryl methyl sites for hydroxylation is 1. The lowest BCUT2D eigenvalue weighted by Crippen LogP contribution is -2.47. The molecule has 2 aliphatic heterocycles. The van der Waals surface area contributed by atoms with Crippen molar-refractivity contribution in [2.75, 3.05) is 19.6 Å². The topological polar surface area (TPSA) is 75.4 Å². The number of piperidine rings is 1. The summed E-state index contributed by atoms with van der Waals surface area (Å²) in [6.07, 6.45) is 3.83. The second-order valence-electron chi connectivity index (χ2n) is 11.1. The van der Waals surface area contributed by atoms with E-state index in [9.17, 15) is 18.0 Å². The Morgan fingerprint density at radius 1 is 1.19 bits per heavy atom. The van der Waals surface area contributed by atoms with Gasteiger partial charge >= 0.3 is 6.18 Å². The standard InChI is InChI=1S/C26H32F3N5O2/c1-16-31-23(32-36-16)17-4-8-33(9-5-17)21-12-19-3-2-7-25(19,13-21)24(35)34-10-6-22-18(15-34)11-20(14-30-22)26(27,28)29/h11,14,17,19,21H,2-10,12-13,15H2,1H3/t19-,21+,25-/m1/s1. The minimum absolute atomic E-state index is 0.146. The van der Waals surface area contributed by atoms with Crippen molar-refractivity contribution in [3.05, 3.63) is 40.8 Å². The molecule has 194 valence electrons. The highest BCUT2D eigenvalue weighted by Gasteiger charge is 2.57. The molecule has 0 radical (unpaired) electrons. The third-order valence-electron chi connectivity index (χ3n) is 9.15. The first-order valence-electron chi connectivity index (χ1n) is 13.1. The molecule has 4 aliphatic rings. The van der Waals surface area contributed by atoms with E-state index in [0.717, 1.165) is 70.1 Å². The van der Waals surface area contributed by atoms with Gasteiger partial charge in [0.15, 0.2) is 5.82 Å². The molecule has 10 heteroatoms. The minimum Gasteiger partial charge on any atom is -0.340 e. The van der Waals surface area contributed by atoms with Gasteiger partial charge in [0.05, 0.1) is 11.0 Å². The average molecular weight is 504 g/mol. The molecular weight excluding hydrogens is 471 g/mol. The van der Waals surface area contributed by atoms with E-state index < -0.39 is 11.7 Å². The van der Waals surface area contributed by atoms with Gasteiger partial charge < -0.3 is 14.3 Å². The van der Waals surface area contributed by atoms with Crippen LogP contribution in [0.2, 0.25) is 0 Å². The first kappa shape index (κ1) is 23.9. The Kier molecular flexibility index (Phi) is 5.85. The van der Waals surface area contributed by atoms with Crippen LogP contribution in [0.25, 0.3) is 0 Å². The quantitative estimate of drug-likeness (QED) is 0.614. The van der Waals surface area contributed by atoms with E-state index >= 15 is 0 Å². The molecule has 0 bridgehead atoms. The number of amides is 1. The number of carbonyl (C=O) groups is 1. The van der Waals surface area contributed by atoms with Gasteiger partial charge in [-0.05, 0) is 69.2 Å². The van der Waals surface area contributed by atoms with Crippen LogP contribution < -0.4 is 0 Å². The Labute approximate surface area is 208 Å². The molecule has 36 heavy (non-hydrogen) atoms. The molecule has 0 unspecified atom stereocenters. The molecule has 2 saturated carbocycles. The number of rotatable bonds is 3. The highest BCUT2D eigenvalue weighted by molar-refractivity contribution is 5.84. The van der Waals surface area contributed by atoms with Gasteiger partial charge in [-0.25, -0.2) is 0 Å². The third kappa shape index (κ3) is 4.11. The Balaban J connectivity index is 1.14. The second-order valence-corrected chi connectivity index (χ2v) is 11.1. The van der Waals surface area contributed by atoms with Crippen molar-refractivity contribution in [3.63, 3.8) is 0 Å². The van der Waals surface area contributed by atoms with E-state index in [2.05, 4.69) is 20.0 Å². The molecule has 1 saturated heterocycles. The van der Waals surface area contributed by atoms with Crippen molar-refractivity contribution in [1.29, 1.82) is 0 Å². The SMILES string of the molecule is Cc1nc(C2CCN([C@H]3C[C@H]4CCC[C@@]4(C(=O)N4CCc5ncc(C(F)(F)F)cc5C4)C3)CC2)no1. The average Bonchev–Trinajstić information content (AvgIpc) is 3.57. The molecule has 3 fully saturated rings. The molecule has 6 rings (SSSR count). The maximum absolute atomic E-state index is 14.0. The van der Waals surface area contributed by atoms with Crippen LogP contribution in [0, 0.1) is 18.3 Å². The monoisotopic (exact) mass is 503 g/mol. The van der Waals surface area contributed by atoms with Gasteiger partial charge in [0.25, 0.3) is 0 Å². The fourth-order valence-electron chi connectivity index (χ4n) is 7.31. The van der Waals surface area contributed by atoms with Gasteiger partial charge in [0, 0.05) is 50.3 Å². The van der Waals surface area contributed by atoms with E-state index in [1.165, 1.54) is 6.07 Å². The maximum atomic E-state index is 14.0. The van der Waals surface area contributed by atoms with Gasteiger partial charge in [0.2, 0.25) is 11.8 Å². The number of nitrogens with zero attached hydrogens (tertiary/aromatic N) is 5. The lowest BCUT2D eigenvalue weighted by molar-refractivity contribution is -0.144. The number of likely N-dealkylation sites (tertiary alicyclic amines) is 1. The van der Waals surface area contributed by atoms with Crippen LogP contribution in [-0.4, -0.2) is 56.5 Å². The Morgan fingerprint density at radius 2 is 2.00 bits per heavy atom. The summed E-state index contributed by atoms with van der Waals surface area (Å²) in [5, 5.41) is 4.11. The Bertz CT molecular complexity index is 1140. The minimum atomic E-state index is -4.43. The summed E-state index contributed by atoms with van der Waals surface area (Å²) >= 11 is 0. The van der Waals surface area contributed by atoms with Crippen LogP contribution in [0.3, 0.4) is 0 Å². The first-order valence-corrected chi connectivity index (χ1v) is 13.1. The second kappa shape index (κ2) is 8.82. The van der Waals surface area contributed by atoms with E-state index in [4.69, 9.17) is 4.52 Å². The molecule has 4 heterocycles. The van der Waals surface area contributed by atoms with Crippen LogP contribution in [0.1, 0.15) is 79.4 Å². The Morgan fingerprint density at radius 3 is 2.72 bits per heavy atom. The van der Waals surface area contributed by atoms with Crippen molar-refractivity contribution in [3.8, 4) is 0 Å². The fraction of sp³-hybridized carbons (Fsp3) is 0.692. The molecule has 1 amide bonds. The number of alkyl halides is 3. The maximum Gasteiger partial charge on any atom is 0.417 e. The predicted octanol–water partition coefficient (Wildman–Crippen LogP) is 4.51. The lowest BCUT2D eigenvalue weighted by Gasteiger charge is -2.38. The normalized spacial score (nSPS) is 29.4. The van der Waals surface area contributed by atoms with E-state index in [1.807, 2.05) is 11.8 Å². The van der Waals surface area contributed by atoms with E-state index in [0.29, 0.717) is 48.0 Å². The number of carbonyl (C=O) groups excluding carboxylic acids is 1. The molecule has 0 spiro atoms. The van der Waals surface area contributed by atoms with Gasteiger partial charge in [-0.3, -0.25) is 9.78 Å². The molecule has 7 nitrogen and oxygen atoms in total. The van der Waals surface area contributed by atoms with Crippen molar-refractivity contribution >= 4 is 5.91 Å². The van der Waals surface area contributed by atoms with Gasteiger partial charge in [0.1, 0.15) is 0 Å². The number of aromatic nitrogens is 3. The van der Waals surface area contributed by atoms with E-state index in [1.54, 1.807) is 0 Å². The summed E-state index contributed by atoms with van der Waals surface area (Å²) in [7, 11) is 0. The zero-order valence-electron chi connectivity index (χ0n) is 20.6. The van der Waals surface area contributed by atoms with Crippen molar-refractivity contribution in [1.82, 2.24) is 24.9 Å².